The quantitative estimate of drug-likeness (QED) is 0.837. The first-order chi connectivity index (χ1) is 8.52. The van der Waals surface area contributed by atoms with Crippen LogP contribution in [0.2, 0.25) is 0 Å². The van der Waals surface area contributed by atoms with E-state index >= 15 is 0 Å². The minimum Gasteiger partial charge on any atom is -0.481 e. The van der Waals surface area contributed by atoms with E-state index in [0.717, 1.165) is 32.4 Å². The predicted molar refractivity (Wildman–Crippen MR) is 68.0 cm³/mol. The van der Waals surface area contributed by atoms with Crippen LogP contribution in [0.4, 0.5) is 0 Å². The van der Waals surface area contributed by atoms with Gasteiger partial charge in [0.15, 0.2) is 0 Å². The molecule has 2 aliphatic rings. The molecule has 0 radical (unpaired) electrons. The molecule has 0 aromatic carbocycles. The average Bonchev–Trinajstić information content (AvgIpc) is 2.93. The maximum atomic E-state index is 12.4. The Morgan fingerprint density at radius 3 is 2.44 bits per heavy atom. The highest BCUT2D eigenvalue weighted by molar-refractivity contribution is 5.85. The molecule has 1 amide bonds. The molecule has 2 rings (SSSR count). The molecular formula is C14H23NO3. The first-order valence-corrected chi connectivity index (χ1v) is 7.04. The molecule has 1 aliphatic carbocycles. The molecule has 1 aliphatic heterocycles. The van der Waals surface area contributed by atoms with Gasteiger partial charge < -0.3 is 10.0 Å². The summed E-state index contributed by atoms with van der Waals surface area (Å²) in [7, 11) is 0. The standard InChI is InChI=1S/C14H23NO3/c1-3-10-6-11(12(7-10)14(17)18)13(16)15-5-4-9(2)8-15/h9-12H,3-8H2,1-2H3,(H,17,18). The number of nitrogens with zero attached hydrogens (tertiary/aromatic N) is 1. The number of carboxylic acids is 1. The fourth-order valence-corrected chi connectivity index (χ4v) is 3.39. The number of carbonyl (C=O) groups excluding carboxylic acids is 1. The van der Waals surface area contributed by atoms with Crippen LogP contribution in [0.3, 0.4) is 0 Å². The van der Waals surface area contributed by atoms with Crippen LogP contribution in [0.5, 0.6) is 0 Å². The Hall–Kier alpha value is -1.06. The molecule has 1 saturated carbocycles. The molecule has 1 N–H and O–H groups in total. The second kappa shape index (κ2) is 5.29. The van der Waals surface area contributed by atoms with E-state index in [1.54, 1.807) is 0 Å². The van der Waals surface area contributed by atoms with Gasteiger partial charge in [-0.25, -0.2) is 0 Å². The van der Waals surface area contributed by atoms with Gasteiger partial charge in [0.25, 0.3) is 0 Å². The monoisotopic (exact) mass is 253 g/mol. The van der Waals surface area contributed by atoms with E-state index in [4.69, 9.17) is 0 Å². The van der Waals surface area contributed by atoms with E-state index in [9.17, 15) is 14.7 Å². The molecule has 0 aromatic rings. The lowest BCUT2D eigenvalue weighted by molar-refractivity contribution is -0.148. The van der Waals surface area contributed by atoms with E-state index in [1.165, 1.54) is 0 Å². The largest absolute Gasteiger partial charge is 0.481 e. The molecular weight excluding hydrogens is 230 g/mol. The fourth-order valence-electron chi connectivity index (χ4n) is 3.39. The Morgan fingerprint density at radius 2 is 1.94 bits per heavy atom. The van der Waals surface area contributed by atoms with E-state index in [2.05, 4.69) is 13.8 Å². The van der Waals surface area contributed by atoms with Crippen LogP contribution in [-0.4, -0.2) is 35.0 Å². The number of aliphatic carboxylic acids is 1. The van der Waals surface area contributed by atoms with Gasteiger partial charge in [0, 0.05) is 13.1 Å². The van der Waals surface area contributed by atoms with E-state index in [-0.39, 0.29) is 11.8 Å². The molecule has 102 valence electrons. The van der Waals surface area contributed by atoms with Gasteiger partial charge in [0.2, 0.25) is 5.91 Å². The van der Waals surface area contributed by atoms with Crippen LogP contribution in [0.1, 0.15) is 39.5 Å². The summed E-state index contributed by atoms with van der Waals surface area (Å²) in [4.78, 5) is 25.6. The van der Waals surface area contributed by atoms with Crippen LogP contribution in [0.25, 0.3) is 0 Å². The summed E-state index contributed by atoms with van der Waals surface area (Å²) in [5.41, 5.74) is 0. The molecule has 0 spiro atoms. The third-order valence-corrected chi connectivity index (χ3v) is 4.61. The van der Waals surface area contributed by atoms with Crippen molar-refractivity contribution in [1.29, 1.82) is 0 Å². The number of amides is 1. The Kier molecular flexibility index (Phi) is 3.93. The van der Waals surface area contributed by atoms with Crippen molar-refractivity contribution < 1.29 is 14.7 Å². The Bertz CT molecular complexity index is 342. The minimum absolute atomic E-state index is 0.0858. The zero-order valence-electron chi connectivity index (χ0n) is 11.3. The predicted octanol–water partition coefficient (Wildman–Crippen LogP) is 1.99. The van der Waals surface area contributed by atoms with Crippen molar-refractivity contribution in [2.24, 2.45) is 23.7 Å². The molecule has 2 fully saturated rings. The number of hydrogen-bond donors (Lipinski definition) is 1. The van der Waals surface area contributed by atoms with E-state index < -0.39 is 11.9 Å². The maximum absolute atomic E-state index is 12.4. The van der Waals surface area contributed by atoms with Gasteiger partial charge in [-0.15, -0.1) is 0 Å². The van der Waals surface area contributed by atoms with Gasteiger partial charge in [-0.05, 0) is 31.1 Å². The first kappa shape index (κ1) is 13.4. The van der Waals surface area contributed by atoms with Gasteiger partial charge in [-0.1, -0.05) is 20.3 Å². The van der Waals surface area contributed by atoms with Crippen molar-refractivity contribution in [3.63, 3.8) is 0 Å². The average molecular weight is 253 g/mol. The number of carboxylic acid groups (broad SMARTS) is 1. The number of rotatable bonds is 3. The van der Waals surface area contributed by atoms with Gasteiger partial charge in [0.1, 0.15) is 0 Å². The highest BCUT2D eigenvalue weighted by Gasteiger charge is 2.44. The summed E-state index contributed by atoms with van der Waals surface area (Å²) in [5, 5.41) is 9.27. The fraction of sp³-hybridized carbons (Fsp3) is 0.857. The van der Waals surface area contributed by atoms with Crippen LogP contribution < -0.4 is 0 Å². The lowest BCUT2D eigenvalue weighted by atomic mass is 9.95. The van der Waals surface area contributed by atoms with Crippen molar-refractivity contribution in [1.82, 2.24) is 4.90 Å². The number of likely N-dealkylation sites (tertiary alicyclic amines) is 1. The summed E-state index contributed by atoms with van der Waals surface area (Å²) in [6.07, 6.45) is 3.46. The van der Waals surface area contributed by atoms with Crippen molar-refractivity contribution in [3.8, 4) is 0 Å². The lowest BCUT2D eigenvalue weighted by Gasteiger charge is -2.23. The third kappa shape index (κ3) is 2.52. The van der Waals surface area contributed by atoms with Gasteiger partial charge in [0.05, 0.1) is 11.8 Å². The molecule has 4 unspecified atom stereocenters. The summed E-state index contributed by atoms with van der Waals surface area (Å²) in [6.45, 7) is 5.83. The molecule has 4 heteroatoms. The second-order valence-corrected chi connectivity index (χ2v) is 5.98. The minimum atomic E-state index is -0.795. The molecule has 4 nitrogen and oxygen atoms in total. The van der Waals surface area contributed by atoms with Crippen LogP contribution >= 0.6 is 0 Å². The van der Waals surface area contributed by atoms with Crippen LogP contribution in [0, 0.1) is 23.7 Å². The van der Waals surface area contributed by atoms with Crippen molar-refractivity contribution in [2.45, 2.75) is 39.5 Å². The summed E-state index contributed by atoms with van der Waals surface area (Å²) >= 11 is 0. The van der Waals surface area contributed by atoms with Crippen LogP contribution in [0.15, 0.2) is 0 Å². The molecule has 4 atom stereocenters. The zero-order chi connectivity index (χ0) is 13.3. The van der Waals surface area contributed by atoms with Crippen molar-refractivity contribution in [2.75, 3.05) is 13.1 Å². The third-order valence-electron chi connectivity index (χ3n) is 4.61. The SMILES string of the molecule is CCC1CC(C(=O)O)C(C(=O)N2CCC(C)C2)C1. The number of carbonyl (C=O) groups is 2. The highest BCUT2D eigenvalue weighted by Crippen LogP contribution is 2.40. The normalized spacial score (nSPS) is 36.0. The maximum Gasteiger partial charge on any atom is 0.307 e. The summed E-state index contributed by atoms with van der Waals surface area (Å²) in [5.74, 6) is -0.490. The number of hydrogen-bond acceptors (Lipinski definition) is 2. The van der Waals surface area contributed by atoms with Crippen LogP contribution in [-0.2, 0) is 9.59 Å². The van der Waals surface area contributed by atoms with Crippen molar-refractivity contribution >= 4 is 11.9 Å². The second-order valence-electron chi connectivity index (χ2n) is 5.98. The Balaban J connectivity index is 2.05. The topological polar surface area (TPSA) is 57.6 Å². The molecule has 18 heavy (non-hydrogen) atoms. The zero-order valence-corrected chi connectivity index (χ0v) is 11.3. The molecule has 0 bridgehead atoms. The smallest absolute Gasteiger partial charge is 0.307 e. The molecule has 0 aromatic heterocycles. The van der Waals surface area contributed by atoms with Gasteiger partial charge >= 0.3 is 5.97 Å². The summed E-state index contributed by atoms with van der Waals surface area (Å²) < 4.78 is 0. The van der Waals surface area contributed by atoms with Crippen molar-refractivity contribution in [3.05, 3.63) is 0 Å². The Labute approximate surface area is 108 Å². The molecule has 1 heterocycles. The van der Waals surface area contributed by atoms with Gasteiger partial charge in [-0.2, -0.15) is 0 Å². The first-order valence-electron chi connectivity index (χ1n) is 7.04. The molecule has 1 saturated heterocycles. The van der Waals surface area contributed by atoms with E-state index in [0.29, 0.717) is 18.3 Å². The Morgan fingerprint density at radius 1 is 1.28 bits per heavy atom. The van der Waals surface area contributed by atoms with Gasteiger partial charge in [-0.3, -0.25) is 9.59 Å². The summed E-state index contributed by atoms with van der Waals surface area (Å²) in [6, 6.07) is 0. The lowest BCUT2D eigenvalue weighted by Crippen LogP contribution is -2.37. The highest BCUT2D eigenvalue weighted by atomic mass is 16.4. The van der Waals surface area contributed by atoms with E-state index in [1.807, 2.05) is 4.90 Å².